The number of fused-ring (bicyclic) bond motifs is 2. The molecule has 2 aliphatic heterocycles. The lowest BCUT2D eigenvalue weighted by molar-refractivity contribution is -0.122. The summed E-state index contributed by atoms with van der Waals surface area (Å²) in [6.45, 7) is 0. The molecule has 0 unspecified atom stereocenters. The van der Waals surface area contributed by atoms with E-state index in [1.807, 2.05) is 48.6 Å². The lowest BCUT2D eigenvalue weighted by Gasteiger charge is -2.27. The molecule has 1 aliphatic carbocycles. The average molecular weight is 253 g/mol. The summed E-state index contributed by atoms with van der Waals surface area (Å²) in [5.74, 6) is 0.661. The van der Waals surface area contributed by atoms with Crippen molar-refractivity contribution in [3.63, 3.8) is 0 Å². The van der Waals surface area contributed by atoms with Crippen LogP contribution >= 0.6 is 0 Å². The Morgan fingerprint density at radius 1 is 1.11 bits per heavy atom. The zero-order valence-electron chi connectivity index (χ0n) is 10.7. The van der Waals surface area contributed by atoms with E-state index in [0.717, 1.165) is 16.9 Å². The zero-order chi connectivity index (χ0) is 13.2. The van der Waals surface area contributed by atoms with Gasteiger partial charge < -0.3 is 10.1 Å². The number of methoxy groups -OCH3 is 1. The molecule has 0 saturated heterocycles. The number of amides is 1. The highest BCUT2D eigenvalue weighted by Crippen LogP contribution is 2.31. The number of carbonyl (C=O) groups is 1. The van der Waals surface area contributed by atoms with Crippen LogP contribution in [0.25, 0.3) is 5.57 Å². The molecule has 96 valence electrons. The van der Waals surface area contributed by atoms with Crippen LogP contribution in [-0.2, 0) is 4.79 Å². The number of hydrogen-bond donors (Lipinski definition) is 1. The molecule has 0 fully saturated rings. The summed E-state index contributed by atoms with van der Waals surface area (Å²) in [6.07, 6.45) is 9.92. The van der Waals surface area contributed by atoms with Crippen LogP contribution in [0.4, 0.5) is 0 Å². The topological polar surface area (TPSA) is 38.3 Å². The van der Waals surface area contributed by atoms with Crippen molar-refractivity contribution in [1.82, 2.24) is 5.32 Å². The fourth-order valence-corrected chi connectivity index (χ4v) is 2.45. The number of ether oxygens (including phenoxy) is 1. The fourth-order valence-electron chi connectivity index (χ4n) is 2.45. The summed E-state index contributed by atoms with van der Waals surface area (Å²) < 4.78 is 5.16. The van der Waals surface area contributed by atoms with Gasteiger partial charge in [-0.3, -0.25) is 4.79 Å². The number of nitrogens with one attached hydrogen (secondary N) is 1. The Bertz CT molecular complexity index is 581. The smallest absolute Gasteiger partial charge is 0.232 e. The van der Waals surface area contributed by atoms with Gasteiger partial charge in [-0.15, -0.1) is 0 Å². The summed E-state index contributed by atoms with van der Waals surface area (Å²) in [5.41, 5.74) is 2.11. The van der Waals surface area contributed by atoms with E-state index in [4.69, 9.17) is 4.74 Å². The molecule has 1 aromatic rings. The Labute approximate surface area is 112 Å². The van der Waals surface area contributed by atoms with Crippen molar-refractivity contribution in [1.29, 1.82) is 0 Å². The summed E-state index contributed by atoms with van der Waals surface area (Å²) in [6, 6.07) is 7.80. The van der Waals surface area contributed by atoms with Crippen LogP contribution in [0.1, 0.15) is 5.56 Å². The second kappa shape index (κ2) is 4.76. The minimum absolute atomic E-state index is 0.0224. The number of carbonyl (C=O) groups excluding carboxylic acids is 1. The summed E-state index contributed by atoms with van der Waals surface area (Å²) in [4.78, 5) is 12.1. The van der Waals surface area contributed by atoms with E-state index in [0.29, 0.717) is 0 Å². The number of hydrogen-bond acceptors (Lipinski definition) is 2. The van der Waals surface area contributed by atoms with Crippen molar-refractivity contribution in [2.24, 2.45) is 5.92 Å². The summed E-state index contributed by atoms with van der Waals surface area (Å²) >= 11 is 0. The van der Waals surface area contributed by atoms with Crippen molar-refractivity contribution in [3.05, 3.63) is 60.2 Å². The van der Waals surface area contributed by atoms with E-state index in [1.54, 1.807) is 7.11 Å². The molecule has 3 nitrogen and oxygen atoms in total. The van der Waals surface area contributed by atoms with E-state index < -0.39 is 0 Å². The van der Waals surface area contributed by atoms with Gasteiger partial charge in [0.15, 0.2) is 0 Å². The van der Waals surface area contributed by atoms with Crippen LogP contribution in [0.3, 0.4) is 0 Å². The molecule has 2 bridgehead atoms. The minimum atomic E-state index is -0.213. The van der Waals surface area contributed by atoms with E-state index in [1.165, 1.54) is 0 Å². The minimum Gasteiger partial charge on any atom is -0.497 e. The Kier molecular flexibility index (Phi) is 2.95. The number of rotatable bonds is 2. The Morgan fingerprint density at radius 2 is 1.84 bits per heavy atom. The third-order valence-electron chi connectivity index (χ3n) is 3.44. The SMILES string of the molecule is COc1ccc(C2=C[C@@H]3C=CC=C[C@H]2C(=O)N3)cc1. The highest BCUT2D eigenvalue weighted by molar-refractivity contribution is 5.96. The Morgan fingerprint density at radius 3 is 2.58 bits per heavy atom. The van der Waals surface area contributed by atoms with Crippen molar-refractivity contribution in [2.45, 2.75) is 6.04 Å². The molecule has 2 atom stereocenters. The molecule has 3 aliphatic rings. The van der Waals surface area contributed by atoms with Crippen molar-refractivity contribution in [3.8, 4) is 5.75 Å². The fraction of sp³-hybridized carbons (Fsp3) is 0.188. The molecule has 0 saturated carbocycles. The first-order valence-corrected chi connectivity index (χ1v) is 6.29. The van der Waals surface area contributed by atoms with E-state index >= 15 is 0 Å². The van der Waals surface area contributed by atoms with Gasteiger partial charge in [-0.05, 0) is 23.3 Å². The van der Waals surface area contributed by atoms with Gasteiger partial charge >= 0.3 is 0 Å². The number of allylic oxidation sites excluding steroid dienone is 2. The molecule has 2 heterocycles. The third kappa shape index (κ3) is 2.19. The van der Waals surface area contributed by atoms with E-state index in [-0.39, 0.29) is 17.9 Å². The highest BCUT2D eigenvalue weighted by atomic mass is 16.5. The van der Waals surface area contributed by atoms with Crippen molar-refractivity contribution in [2.75, 3.05) is 7.11 Å². The maximum absolute atomic E-state index is 12.1. The van der Waals surface area contributed by atoms with Crippen LogP contribution in [0.5, 0.6) is 5.75 Å². The molecule has 0 radical (unpaired) electrons. The van der Waals surface area contributed by atoms with Crippen LogP contribution in [0.2, 0.25) is 0 Å². The third-order valence-corrected chi connectivity index (χ3v) is 3.44. The summed E-state index contributed by atoms with van der Waals surface area (Å²) in [7, 11) is 1.65. The van der Waals surface area contributed by atoms with Gasteiger partial charge in [0.2, 0.25) is 5.91 Å². The Balaban J connectivity index is 2.03. The predicted molar refractivity (Wildman–Crippen MR) is 74.7 cm³/mol. The first kappa shape index (κ1) is 11.8. The standard InChI is InChI=1S/C16H15NO2/c1-19-13-8-6-11(7-9-13)15-10-12-4-2-3-5-14(15)16(18)17-12/h2-10,12,14H,1H3,(H,17,18)/t12-,14+/m0/s1. The van der Waals surface area contributed by atoms with Crippen LogP contribution < -0.4 is 10.1 Å². The van der Waals surface area contributed by atoms with Gasteiger partial charge in [0.1, 0.15) is 5.75 Å². The largest absolute Gasteiger partial charge is 0.497 e. The highest BCUT2D eigenvalue weighted by Gasteiger charge is 2.28. The molecular formula is C16H15NO2. The quantitative estimate of drug-likeness (QED) is 0.878. The predicted octanol–water partition coefficient (Wildman–Crippen LogP) is 2.32. The van der Waals surface area contributed by atoms with Gasteiger partial charge in [0, 0.05) is 0 Å². The van der Waals surface area contributed by atoms with Gasteiger partial charge in [-0.1, -0.05) is 42.5 Å². The lowest BCUT2D eigenvalue weighted by atomic mass is 9.85. The zero-order valence-corrected chi connectivity index (χ0v) is 10.7. The van der Waals surface area contributed by atoms with E-state index in [9.17, 15) is 4.79 Å². The normalized spacial score (nSPS) is 24.5. The second-order valence-electron chi connectivity index (χ2n) is 4.63. The lowest BCUT2D eigenvalue weighted by Crippen LogP contribution is -2.41. The molecule has 1 aromatic carbocycles. The number of benzene rings is 1. The molecule has 4 rings (SSSR count). The maximum atomic E-state index is 12.1. The molecule has 1 amide bonds. The molecule has 0 aromatic heterocycles. The second-order valence-corrected chi connectivity index (χ2v) is 4.63. The first-order valence-electron chi connectivity index (χ1n) is 6.29. The summed E-state index contributed by atoms with van der Waals surface area (Å²) in [5, 5.41) is 2.96. The van der Waals surface area contributed by atoms with Gasteiger partial charge in [0.05, 0.1) is 19.1 Å². The first-order chi connectivity index (χ1) is 9.28. The Hall–Kier alpha value is -2.29. The van der Waals surface area contributed by atoms with Crippen molar-refractivity contribution >= 4 is 11.5 Å². The maximum Gasteiger partial charge on any atom is 0.232 e. The van der Waals surface area contributed by atoms with Crippen LogP contribution in [0.15, 0.2) is 54.6 Å². The molecule has 0 spiro atoms. The van der Waals surface area contributed by atoms with Crippen LogP contribution in [0, 0.1) is 5.92 Å². The van der Waals surface area contributed by atoms with Gasteiger partial charge in [0.25, 0.3) is 0 Å². The average Bonchev–Trinajstić information content (AvgIpc) is 2.40. The van der Waals surface area contributed by atoms with Crippen LogP contribution in [-0.4, -0.2) is 19.1 Å². The molecule has 19 heavy (non-hydrogen) atoms. The molecular weight excluding hydrogens is 238 g/mol. The van der Waals surface area contributed by atoms with Gasteiger partial charge in [-0.25, -0.2) is 0 Å². The molecule has 3 heteroatoms. The monoisotopic (exact) mass is 253 g/mol. The van der Waals surface area contributed by atoms with E-state index in [2.05, 4.69) is 11.4 Å². The van der Waals surface area contributed by atoms with Crippen molar-refractivity contribution < 1.29 is 9.53 Å². The van der Waals surface area contributed by atoms with Gasteiger partial charge in [-0.2, -0.15) is 0 Å². The molecule has 1 N–H and O–H groups in total.